The fourth-order valence-electron chi connectivity index (χ4n) is 2.27. The van der Waals surface area contributed by atoms with E-state index in [9.17, 15) is 4.79 Å². The second-order valence-corrected chi connectivity index (χ2v) is 5.32. The lowest BCUT2D eigenvalue weighted by Crippen LogP contribution is -1.94. The molecule has 0 heterocycles. The van der Waals surface area contributed by atoms with Crippen LogP contribution in [-0.4, -0.2) is 5.78 Å². The standard InChI is InChI=1S/C16H10Cl2O/c17-14-6-5-10(8-15(14)18)7-12-9-11-3-1-2-4-13(11)16(12)19/h1-8H,9H2/b12-7+. The summed E-state index contributed by atoms with van der Waals surface area (Å²) in [6.45, 7) is 0. The Morgan fingerprint density at radius 3 is 2.53 bits per heavy atom. The molecule has 3 rings (SSSR count). The van der Waals surface area contributed by atoms with Crippen molar-refractivity contribution < 1.29 is 4.79 Å². The zero-order chi connectivity index (χ0) is 13.4. The molecule has 3 heteroatoms. The SMILES string of the molecule is O=C1/C(=C/c2ccc(Cl)c(Cl)c2)Cc2ccccc21. The molecule has 94 valence electrons. The highest BCUT2D eigenvalue weighted by atomic mass is 35.5. The molecule has 1 aliphatic carbocycles. The first kappa shape index (κ1) is 12.5. The van der Waals surface area contributed by atoms with Crippen molar-refractivity contribution in [2.75, 3.05) is 0 Å². The van der Waals surface area contributed by atoms with Gasteiger partial charge in [0, 0.05) is 17.6 Å². The molecule has 0 aliphatic heterocycles. The summed E-state index contributed by atoms with van der Waals surface area (Å²) < 4.78 is 0. The molecule has 0 radical (unpaired) electrons. The maximum atomic E-state index is 12.2. The molecule has 0 saturated carbocycles. The zero-order valence-corrected chi connectivity index (χ0v) is 11.5. The molecule has 1 aliphatic rings. The van der Waals surface area contributed by atoms with Crippen LogP contribution in [0.3, 0.4) is 0 Å². The number of rotatable bonds is 1. The molecule has 2 aromatic carbocycles. The van der Waals surface area contributed by atoms with Gasteiger partial charge in [-0.2, -0.15) is 0 Å². The molecular formula is C16H10Cl2O. The van der Waals surface area contributed by atoms with Crippen LogP contribution in [0.15, 0.2) is 48.0 Å². The van der Waals surface area contributed by atoms with Gasteiger partial charge in [-0.3, -0.25) is 4.79 Å². The highest BCUT2D eigenvalue weighted by Gasteiger charge is 2.23. The van der Waals surface area contributed by atoms with Crippen LogP contribution in [0.2, 0.25) is 10.0 Å². The Morgan fingerprint density at radius 1 is 1.00 bits per heavy atom. The topological polar surface area (TPSA) is 17.1 Å². The van der Waals surface area contributed by atoms with E-state index >= 15 is 0 Å². The van der Waals surface area contributed by atoms with Gasteiger partial charge in [-0.05, 0) is 29.3 Å². The maximum Gasteiger partial charge on any atom is 0.189 e. The Bertz CT molecular complexity index is 702. The van der Waals surface area contributed by atoms with Gasteiger partial charge in [-0.25, -0.2) is 0 Å². The van der Waals surface area contributed by atoms with Gasteiger partial charge in [0.2, 0.25) is 0 Å². The van der Waals surface area contributed by atoms with Crippen molar-refractivity contribution >= 4 is 35.1 Å². The van der Waals surface area contributed by atoms with Gasteiger partial charge in [-0.1, -0.05) is 53.5 Å². The Hall–Kier alpha value is -1.57. The van der Waals surface area contributed by atoms with Gasteiger partial charge in [-0.15, -0.1) is 0 Å². The predicted octanol–water partition coefficient (Wildman–Crippen LogP) is 4.82. The molecule has 0 N–H and O–H groups in total. The van der Waals surface area contributed by atoms with Gasteiger partial charge < -0.3 is 0 Å². The number of hydrogen-bond donors (Lipinski definition) is 0. The summed E-state index contributed by atoms with van der Waals surface area (Å²) in [5, 5.41) is 1.02. The minimum absolute atomic E-state index is 0.0988. The van der Waals surface area contributed by atoms with Crippen molar-refractivity contribution in [2.24, 2.45) is 0 Å². The number of Topliss-reactive ketones (excluding diaryl/α,β-unsaturated/α-hetero) is 1. The third-order valence-corrected chi connectivity index (χ3v) is 3.96. The molecule has 0 aromatic heterocycles. The number of halogens is 2. The van der Waals surface area contributed by atoms with Gasteiger partial charge in [0.25, 0.3) is 0 Å². The first-order valence-electron chi connectivity index (χ1n) is 5.93. The van der Waals surface area contributed by atoms with E-state index in [4.69, 9.17) is 23.2 Å². The number of carbonyl (C=O) groups is 1. The molecule has 0 fully saturated rings. The summed E-state index contributed by atoms with van der Waals surface area (Å²) in [5.74, 6) is 0.0988. The number of fused-ring (bicyclic) bond motifs is 1. The van der Waals surface area contributed by atoms with Crippen LogP contribution in [0.5, 0.6) is 0 Å². The van der Waals surface area contributed by atoms with E-state index in [0.717, 1.165) is 22.3 Å². The molecule has 1 nitrogen and oxygen atoms in total. The van der Waals surface area contributed by atoms with E-state index in [-0.39, 0.29) is 5.78 Å². The number of hydrogen-bond acceptors (Lipinski definition) is 1. The Balaban J connectivity index is 1.98. The Morgan fingerprint density at radius 2 is 1.79 bits per heavy atom. The average Bonchev–Trinajstić information content (AvgIpc) is 2.72. The van der Waals surface area contributed by atoms with Crippen molar-refractivity contribution in [3.05, 3.63) is 74.8 Å². The van der Waals surface area contributed by atoms with Gasteiger partial charge >= 0.3 is 0 Å². The molecule has 19 heavy (non-hydrogen) atoms. The van der Waals surface area contributed by atoms with Crippen molar-refractivity contribution in [3.8, 4) is 0 Å². The quantitative estimate of drug-likeness (QED) is 0.688. The monoisotopic (exact) mass is 288 g/mol. The van der Waals surface area contributed by atoms with E-state index in [1.54, 1.807) is 12.1 Å². The van der Waals surface area contributed by atoms with Crippen LogP contribution in [0.25, 0.3) is 6.08 Å². The van der Waals surface area contributed by atoms with Crippen molar-refractivity contribution in [1.29, 1.82) is 0 Å². The highest BCUT2D eigenvalue weighted by Crippen LogP contribution is 2.29. The molecule has 0 spiro atoms. The van der Waals surface area contributed by atoms with E-state index in [1.807, 2.05) is 36.4 Å². The minimum atomic E-state index is 0.0988. The van der Waals surface area contributed by atoms with Crippen LogP contribution >= 0.6 is 23.2 Å². The lowest BCUT2D eigenvalue weighted by molar-refractivity contribution is 0.104. The van der Waals surface area contributed by atoms with E-state index in [2.05, 4.69) is 0 Å². The summed E-state index contributed by atoms with van der Waals surface area (Å²) in [7, 11) is 0. The van der Waals surface area contributed by atoms with Gasteiger partial charge in [0.15, 0.2) is 5.78 Å². The smallest absolute Gasteiger partial charge is 0.189 e. The number of carbonyl (C=O) groups excluding carboxylic acids is 1. The molecule has 0 unspecified atom stereocenters. The highest BCUT2D eigenvalue weighted by molar-refractivity contribution is 6.42. The first-order valence-corrected chi connectivity index (χ1v) is 6.69. The molecular weight excluding hydrogens is 279 g/mol. The largest absolute Gasteiger partial charge is 0.289 e. The Labute approximate surface area is 121 Å². The van der Waals surface area contributed by atoms with Crippen molar-refractivity contribution in [1.82, 2.24) is 0 Å². The maximum absolute atomic E-state index is 12.2. The number of benzene rings is 2. The molecule has 0 atom stereocenters. The fourth-order valence-corrected chi connectivity index (χ4v) is 2.58. The normalized spacial score (nSPS) is 15.9. The summed E-state index contributed by atoms with van der Waals surface area (Å²) in [6, 6.07) is 13.1. The summed E-state index contributed by atoms with van der Waals surface area (Å²) >= 11 is 11.9. The van der Waals surface area contributed by atoms with Crippen LogP contribution in [0, 0.1) is 0 Å². The van der Waals surface area contributed by atoms with Gasteiger partial charge in [0.05, 0.1) is 10.0 Å². The summed E-state index contributed by atoms with van der Waals surface area (Å²) in [5.41, 5.74) is 3.57. The summed E-state index contributed by atoms with van der Waals surface area (Å²) in [6.07, 6.45) is 2.56. The average molecular weight is 289 g/mol. The molecule has 0 bridgehead atoms. The van der Waals surface area contributed by atoms with E-state index < -0.39 is 0 Å². The minimum Gasteiger partial charge on any atom is -0.289 e. The second kappa shape index (κ2) is 4.84. The van der Waals surface area contributed by atoms with Crippen LogP contribution in [0.1, 0.15) is 21.5 Å². The second-order valence-electron chi connectivity index (χ2n) is 4.51. The third-order valence-electron chi connectivity index (χ3n) is 3.22. The fraction of sp³-hybridized carbons (Fsp3) is 0.0625. The third kappa shape index (κ3) is 2.32. The lowest BCUT2D eigenvalue weighted by Gasteiger charge is -1.99. The molecule has 0 saturated heterocycles. The van der Waals surface area contributed by atoms with E-state index in [1.165, 1.54) is 0 Å². The van der Waals surface area contributed by atoms with Crippen LogP contribution in [-0.2, 0) is 6.42 Å². The van der Waals surface area contributed by atoms with E-state index in [0.29, 0.717) is 16.5 Å². The number of ketones is 1. The van der Waals surface area contributed by atoms with Crippen LogP contribution < -0.4 is 0 Å². The molecule has 0 amide bonds. The van der Waals surface area contributed by atoms with Crippen molar-refractivity contribution in [2.45, 2.75) is 6.42 Å². The van der Waals surface area contributed by atoms with Crippen molar-refractivity contribution in [3.63, 3.8) is 0 Å². The zero-order valence-electron chi connectivity index (χ0n) is 9.99. The summed E-state index contributed by atoms with van der Waals surface area (Å²) in [4.78, 5) is 12.2. The van der Waals surface area contributed by atoms with Crippen LogP contribution in [0.4, 0.5) is 0 Å². The first-order chi connectivity index (χ1) is 9.15. The Kier molecular flexibility index (Phi) is 3.17. The molecule has 2 aromatic rings. The lowest BCUT2D eigenvalue weighted by atomic mass is 10.1. The number of allylic oxidation sites excluding steroid dienone is 1. The van der Waals surface area contributed by atoms with Gasteiger partial charge in [0.1, 0.15) is 0 Å². The predicted molar refractivity (Wildman–Crippen MR) is 78.9 cm³/mol.